The molecule has 3 rings (SSSR count). The third-order valence-electron chi connectivity index (χ3n) is 4.27. The van der Waals surface area contributed by atoms with Gasteiger partial charge in [0.2, 0.25) is 0 Å². The largest absolute Gasteiger partial charge is 0.462 e. The molecule has 0 aliphatic heterocycles. The number of nitro groups is 1. The zero-order valence-electron chi connectivity index (χ0n) is 15.7. The van der Waals surface area contributed by atoms with Gasteiger partial charge in [-0.05, 0) is 44.0 Å². The van der Waals surface area contributed by atoms with Crippen molar-refractivity contribution in [1.82, 2.24) is 9.97 Å². The SMILES string of the molecule is CCOC(=O)/C(=C\c1ccc(Cl)c([N+](=O)[O-])c1)c1nc2sc(C)c(C)c2c(=O)[nH]1. The van der Waals surface area contributed by atoms with Crippen LogP contribution in [0.1, 0.15) is 28.8 Å². The van der Waals surface area contributed by atoms with Gasteiger partial charge in [-0.2, -0.15) is 0 Å². The number of aromatic amines is 1. The number of carbonyl (C=O) groups is 1. The fraction of sp³-hybridized carbons (Fsp3) is 0.211. The second kappa shape index (κ2) is 8.14. The van der Waals surface area contributed by atoms with Crippen molar-refractivity contribution < 1.29 is 14.5 Å². The van der Waals surface area contributed by atoms with E-state index in [9.17, 15) is 19.7 Å². The molecule has 0 aliphatic rings. The van der Waals surface area contributed by atoms with E-state index in [-0.39, 0.29) is 34.3 Å². The summed E-state index contributed by atoms with van der Waals surface area (Å²) in [6.07, 6.45) is 1.37. The highest BCUT2D eigenvalue weighted by Crippen LogP contribution is 2.29. The number of thiophene rings is 1. The maximum atomic E-state index is 12.6. The third kappa shape index (κ3) is 4.06. The number of aromatic nitrogens is 2. The minimum Gasteiger partial charge on any atom is -0.462 e. The Morgan fingerprint density at radius 2 is 2.14 bits per heavy atom. The lowest BCUT2D eigenvalue weighted by Crippen LogP contribution is -2.15. The zero-order chi connectivity index (χ0) is 21.3. The fourth-order valence-corrected chi connectivity index (χ4v) is 3.96. The van der Waals surface area contributed by atoms with E-state index in [1.165, 1.54) is 35.6 Å². The summed E-state index contributed by atoms with van der Waals surface area (Å²) in [5.41, 5.74) is 0.478. The third-order valence-corrected chi connectivity index (χ3v) is 5.69. The average Bonchev–Trinajstić information content (AvgIpc) is 2.95. The van der Waals surface area contributed by atoms with E-state index in [4.69, 9.17) is 16.3 Å². The zero-order valence-corrected chi connectivity index (χ0v) is 17.3. The van der Waals surface area contributed by atoms with Crippen LogP contribution in [0, 0.1) is 24.0 Å². The van der Waals surface area contributed by atoms with Gasteiger partial charge >= 0.3 is 5.97 Å². The number of nitrogens with zero attached hydrogens (tertiary/aromatic N) is 2. The number of ether oxygens (including phenoxy) is 1. The summed E-state index contributed by atoms with van der Waals surface area (Å²) in [6, 6.07) is 4.11. The molecule has 3 aromatic rings. The van der Waals surface area contributed by atoms with Gasteiger partial charge in [-0.3, -0.25) is 14.9 Å². The van der Waals surface area contributed by atoms with Gasteiger partial charge < -0.3 is 9.72 Å². The molecule has 29 heavy (non-hydrogen) atoms. The van der Waals surface area contributed by atoms with E-state index in [1.807, 2.05) is 13.8 Å². The van der Waals surface area contributed by atoms with Crippen molar-refractivity contribution in [3.8, 4) is 0 Å². The molecular weight excluding hydrogens is 418 g/mol. The Kier molecular flexibility index (Phi) is 5.81. The van der Waals surface area contributed by atoms with Crippen LogP contribution in [0.15, 0.2) is 23.0 Å². The molecule has 0 saturated carbocycles. The van der Waals surface area contributed by atoms with Gasteiger partial charge in [0.1, 0.15) is 21.3 Å². The van der Waals surface area contributed by atoms with Crippen LogP contribution < -0.4 is 5.56 Å². The van der Waals surface area contributed by atoms with E-state index in [2.05, 4.69) is 9.97 Å². The highest BCUT2D eigenvalue weighted by atomic mass is 35.5. The van der Waals surface area contributed by atoms with Gasteiger partial charge in [-0.25, -0.2) is 9.78 Å². The number of esters is 1. The van der Waals surface area contributed by atoms with Gasteiger partial charge in [0.25, 0.3) is 11.2 Å². The molecule has 150 valence electrons. The fourth-order valence-electron chi connectivity index (χ4n) is 2.74. The molecule has 0 saturated heterocycles. The molecule has 0 aliphatic carbocycles. The van der Waals surface area contributed by atoms with Gasteiger partial charge in [0, 0.05) is 10.9 Å². The Hall–Kier alpha value is -3.04. The van der Waals surface area contributed by atoms with Crippen molar-refractivity contribution >= 4 is 56.5 Å². The first-order chi connectivity index (χ1) is 13.7. The smallest absolute Gasteiger partial charge is 0.341 e. The van der Waals surface area contributed by atoms with Crippen LogP contribution in [-0.4, -0.2) is 27.5 Å². The van der Waals surface area contributed by atoms with Crippen LogP contribution in [0.2, 0.25) is 5.02 Å². The standard InChI is InChI=1S/C19H16ClN3O5S/c1-4-28-19(25)12(7-11-5-6-13(20)14(8-11)23(26)27)16-21-17(24)15-9(2)10(3)29-18(15)22-16/h5-8H,4H2,1-3H3,(H,21,22,24)/b12-7-. The molecule has 10 heteroatoms. The minimum atomic E-state index is -0.711. The van der Waals surface area contributed by atoms with E-state index in [1.54, 1.807) is 6.92 Å². The van der Waals surface area contributed by atoms with Gasteiger partial charge in [0.05, 0.1) is 16.9 Å². The first-order valence-corrected chi connectivity index (χ1v) is 9.75. The summed E-state index contributed by atoms with van der Waals surface area (Å²) >= 11 is 7.19. The Morgan fingerprint density at radius 1 is 1.41 bits per heavy atom. The topological polar surface area (TPSA) is 115 Å². The van der Waals surface area contributed by atoms with E-state index in [0.717, 1.165) is 10.4 Å². The van der Waals surface area contributed by atoms with Crippen molar-refractivity contribution in [2.75, 3.05) is 6.61 Å². The van der Waals surface area contributed by atoms with Crippen LogP contribution in [0.5, 0.6) is 0 Å². The Bertz CT molecular complexity index is 1230. The molecule has 0 amide bonds. The number of nitrogens with one attached hydrogen (secondary N) is 1. The minimum absolute atomic E-state index is 0.0221. The maximum absolute atomic E-state index is 12.6. The van der Waals surface area contributed by atoms with Crippen molar-refractivity contribution in [2.24, 2.45) is 0 Å². The van der Waals surface area contributed by atoms with Crippen LogP contribution in [0.3, 0.4) is 0 Å². The summed E-state index contributed by atoms with van der Waals surface area (Å²) < 4.78 is 5.09. The van der Waals surface area contributed by atoms with Crippen LogP contribution in [0.25, 0.3) is 21.9 Å². The lowest BCUT2D eigenvalue weighted by molar-refractivity contribution is -0.384. The molecule has 8 nitrogen and oxygen atoms in total. The lowest BCUT2D eigenvalue weighted by Gasteiger charge is -2.07. The molecule has 0 fully saturated rings. The monoisotopic (exact) mass is 433 g/mol. The first-order valence-electron chi connectivity index (χ1n) is 8.56. The van der Waals surface area contributed by atoms with Crippen molar-refractivity contribution in [2.45, 2.75) is 20.8 Å². The van der Waals surface area contributed by atoms with Crippen LogP contribution in [0.4, 0.5) is 5.69 Å². The molecule has 2 heterocycles. The molecule has 0 atom stereocenters. The highest BCUT2D eigenvalue weighted by Gasteiger charge is 2.20. The summed E-state index contributed by atoms with van der Waals surface area (Å²) in [6.45, 7) is 5.48. The predicted molar refractivity (Wildman–Crippen MR) is 112 cm³/mol. The second-order valence-electron chi connectivity index (χ2n) is 6.12. The normalized spacial score (nSPS) is 11.7. The highest BCUT2D eigenvalue weighted by molar-refractivity contribution is 7.18. The van der Waals surface area contributed by atoms with Crippen LogP contribution in [-0.2, 0) is 9.53 Å². The molecule has 0 radical (unpaired) electrons. The molecule has 0 bridgehead atoms. The Labute approximate surface area is 174 Å². The van der Waals surface area contributed by atoms with Crippen molar-refractivity contribution in [1.29, 1.82) is 0 Å². The molecule has 2 aromatic heterocycles. The second-order valence-corrected chi connectivity index (χ2v) is 7.73. The number of benzene rings is 1. The van der Waals surface area contributed by atoms with E-state index < -0.39 is 10.9 Å². The number of aryl methyl sites for hydroxylation is 2. The maximum Gasteiger partial charge on any atom is 0.341 e. The summed E-state index contributed by atoms with van der Waals surface area (Å²) in [5.74, 6) is -0.683. The molecule has 0 spiro atoms. The number of fused-ring (bicyclic) bond motifs is 1. The quantitative estimate of drug-likeness (QED) is 0.278. The molecule has 1 aromatic carbocycles. The number of halogens is 1. The summed E-state index contributed by atoms with van der Waals surface area (Å²) in [5, 5.41) is 11.6. The van der Waals surface area contributed by atoms with Gasteiger partial charge in [-0.1, -0.05) is 17.7 Å². The average molecular weight is 434 g/mol. The summed E-state index contributed by atoms with van der Waals surface area (Å²) in [7, 11) is 0. The predicted octanol–water partition coefficient (Wildman–Crippen LogP) is 4.27. The van der Waals surface area contributed by atoms with Crippen molar-refractivity contribution in [3.63, 3.8) is 0 Å². The number of H-pyrrole nitrogens is 1. The van der Waals surface area contributed by atoms with E-state index in [0.29, 0.717) is 15.8 Å². The molecule has 1 N–H and O–H groups in total. The summed E-state index contributed by atoms with van der Waals surface area (Å²) in [4.78, 5) is 44.1. The molecular formula is C19H16ClN3O5S. The van der Waals surface area contributed by atoms with Gasteiger partial charge in [-0.15, -0.1) is 11.3 Å². The van der Waals surface area contributed by atoms with Crippen molar-refractivity contribution in [3.05, 3.63) is 65.5 Å². The first kappa shape index (κ1) is 20.7. The number of hydrogen-bond donors (Lipinski definition) is 1. The number of rotatable bonds is 5. The lowest BCUT2D eigenvalue weighted by atomic mass is 10.1. The Morgan fingerprint density at radius 3 is 2.79 bits per heavy atom. The van der Waals surface area contributed by atoms with Gasteiger partial charge in [0.15, 0.2) is 0 Å². The number of nitro benzene ring substituents is 1. The Balaban J connectivity index is 2.21. The van der Waals surface area contributed by atoms with Crippen LogP contribution >= 0.6 is 22.9 Å². The number of hydrogen-bond acceptors (Lipinski definition) is 7. The number of carbonyl (C=O) groups excluding carboxylic acids is 1. The van der Waals surface area contributed by atoms with E-state index >= 15 is 0 Å². The molecule has 0 unspecified atom stereocenters.